The topological polar surface area (TPSA) is 88.1 Å². The number of benzene rings is 1. The van der Waals surface area contributed by atoms with E-state index >= 15 is 0 Å². The smallest absolute Gasteiger partial charge is 0.244 e. The van der Waals surface area contributed by atoms with Gasteiger partial charge in [0, 0.05) is 13.1 Å². The van der Waals surface area contributed by atoms with Crippen molar-refractivity contribution in [2.24, 2.45) is 11.0 Å². The third kappa shape index (κ3) is 5.04. The average Bonchev–Trinajstić information content (AvgIpc) is 2.54. The first-order chi connectivity index (χ1) is 10.9. The van der Waals surface area contributed by atoms with Crippen LogP contribution in [0, 0.1) is 5.92 Å². The Labute approximate surface area is 136 Å². The van der Waals surface area contributed by atoms with Crippen molar-refractivity contribution in [1.29, 1.82) is 0 Å². The van der Waals surface area contributed by atoms with Crippen LogP contribution in [0.5, 0.6) is 5.75 Å². The molecule has 1 aromatic carbocycles. The second-order valence-electron chi connectivity index (χ2n) is 5.47. The summed E-state index contributed by atoms with van der Waals surface area (Å²) in [5.41, 5.74) is 3.28. The van der Waals surface area contributed by atoms with E-state index in [1.165, 1.54) is 10.5 Å². The highest BCUT2D eigenvalue weighted by Gasteiger charge is 2.29. The van der Waals surface area contributed by atoms with Crippen LogP contribution in [0.2, 0.25) is 0 Å². The SMILES string of the molecule is COc1cccc(/C=N/NC(=O)C2CCCN(S(C)(=O)=O)C2)c1. The fraction of sp³-hybridized carbons (Fsp3) is 0.467. The van der Waals surface area contributed by atoms with E-state index in [-0.39, 0.29) is 18.4 Å². The summed E-state index contributed by atoms with van der Waals surface area (Å²) in [6, 6.07) is 7.27. The second kappa shape index (κ2) is 7.56. The molecule has 1 N–H and O–H groups in total. The third-order valence-electron chi connectivity index (χ3n) is 3.71. The highest BCUT2D eigenvalue weighted by Crippen LogP contribution is 2.18. The summed E-state index contributed by atoms with van der Waals surface area (Å²) >= 11 is 0. The quantitative estimate of drug-likeness (QED) is 0.635. The monoisotopic (exact) mass is 339 g/mol. The molecule has 1 amide bonds. The molecule has 0 saturated carbocycles. The summed E-state index contributed by atoms with van der Waals surface area (Å²) < 4.78 is 29.6. The predicted octanol–water partition coefficient (Wildman–Crippen LogP) is 0.817. The number of piperidine rings is 1. The molecule has 0 radical (unpaired) electrons. The summed E-state index contributed by atoms with van der Waals surface area (Å²) in [6.45, 7) is 0.676. The van der Waals surface area contributed by atoms with Gasteiger partial charge in [-0.25, -0.2) is 18.1 Å². The predicted molar refractivity (Wildman–Crippen MR) is 87.9 cm³/mol. The lowest BCUT2D eigenvalue weighted by Gasteiger charge is -2.29. The molecule has 0 bridgehead atoms. The number of hydrogen-bond acceptors (Lipinski definition) is 5. The van der Waals surface area contributed by atoms with Crippen molar-refractivity contribution in [3.63, 3.8) is 0 Å². The number of methoxy groups -OCH3 is 1. The van der Waals surface area contributed by atoms with Crippen LogP contribution >= 0.6 is 0 Å². The first-order valence-electron chi connectivity index (χ1n) is 7.32. The molecule has 1 saturated heterocycles. The molecule has 126 valence electrons. The maximum atomic E-state index is 12.1. The molecule has 1 aliphatic rings. The molecule has 0 spiro atoms. The average molecular weight is 339 g/mol. The summed E-state index contributed by atoms with van der Waals surface area (Å²) in [6.07, 6.45) is 4.02. The normalized spacial score (nSPS) is 19.7. The van der Waals surface area contributed by atoms with Crippen LogP contribution in [0.4, 0.5) is 0 Å². The first kappa shape index (κ1) is 17.4. The van der Waals surface area contributed by atoms with Gasteiger partial charge in [-0.3, -0.25) is 4.79 Å². The Morgan fingerprint density at radius 1 is 1.48 bits per heavy atom. The van der Waals surface area contributed by atoms with Gasteiger partial charge in [0.15, 0.2) is 0 Å². The molecule has 1 aliphatic heterocycles. The van der Waals surface area contributed by atoms with Crippen LogP contribution in [-0.2, 0) is 14.8 Å². The lowest BCUT2D eigenvalue weighted by atomic mass is 9.99. The van der Waals surface area contributed by atoms with Crippen molar-refractivity contribution >= 4 is 22.1 Å². The second-order valence-corrected chi connectivity index (χ2v) is 7.45. The van der Waals surface area contributed by atoms with Crippen LogP contribution in [-0.4, -0.2) is 51.3 Å². The van der Waals surface area contributed by atoms with E-state index in [0.717, 1.165) is 11.8 Å². The van der Waals surface area contributed by atoms with Crippen molar-refractivity contribution in [2.75, 3.05) is 26.5 Å². The summed E-state index contributed by atoms with van der Waals surface area (Å²) in [5, 5.41) is 3.93. The minimum atomic E-state index is -3.26. The minimum absolute atomic E-state index is 0.208. The highest BCUT2D eigenvalue weighted by atomic mass is 32.2. The van der Waals surface area contributed by atoms with Crippen molar-refractivity contribution in [3.8, 4) is 5.75 Å². The van der Waals surface area contributed by atoms with Gasteiger partial charge in [-0.1, -0.05) is 12.1 Å². The van der Waals surface area contributed by atoms with Crippen molar-refractivity contribution in [2.45, 2.75) is 12.8 Å². The Balaban J connectivity index is 1.92. The molecule has 1 atom stereocenters. The molecule has 1 aromatic rings. The van der Waals surface area contributed by atoms with Gasteiger partial charge < -0.3 is 4.74 Å². The van der Waals surface area contributed by atoms with Crippen molar-refractivity contribution < 1.29 is 17.9 Å². The zero-order chi connectivity index (χ0) is 16.9. The Hall–Kier alpha value is -1.93. The molecule has 1 unspecified atom stereocenters. The molecule has 23 heavy (non-hydrogen) atoms. The Bertz CT molecular complexity index is 688. The highest BCUT2D eigenvalue weighted by molar-refractivity contribution is 7.88. The largest absolute Gasteiger partial charge is 0.497 e. The number of ether oxygens (including phenoxy) is 1. The van der Waals surface area contributed by atoms with E-state index in [9.17, 15) is 13.2 Å². The van der Waals surface area contributed by atoms with Gasteiger partial charge in [-0.2, -0.15) is 5.10 Å². The molecule has 7 nitrogen and oxygen atoms in total. The van der Waals surface area contributed by atoms with Crippen LogP contribution < -0.4 is 10.2 Å². The zero-order valence-electron chi connectivity index (χ0n) is 13.2. The molecule has 2 rings (SSSR count). The van der Waals surface area contributed by atoms with Crippen molar-refractivity contribution in [1.82, 2.24) is 9.73 Å². The van der Waals surface area contributed by atoms with Crippen LogP contribution in [0.3, 0.4) is 0 Å². The van der Waals surface area contributed by atoms with E-state index in [0.29, 0.717) is 25.1 Å². The summed E-state index contributed by atoms with van der Waals surface area (Å²) in [7, 11) is -1.68. The molecule has 1 fully saturated rings. The number of carbonyl (C=O) groups excluding carboxylic acids is 1. The Morgan fingerprint density at radius 2 is 2.26 bits per heavy atom. The molecular formula is C15H21N3O4S. The van der Waals surface area contributed by atoms with E-state index in [4.69, 9.17) is 4.74 Å². The number of nitrogens with zero attached hydrogens (tertiary/aromatic N) is 2. The maximum absolute atomic E-state index is 12.1. The minimum Gasteiger partial charge on any atom is -0.497 e. The number of hydrazone groups is 1. The lowest BCUT2D eigenvalue weighted by Crippen LogP contribution is -2.44. The van der Waals surface area contributed by atoms with E-state index in [1.807, 2.05) is 18.2 Å². The van der Waals surface area contributed by atoms with Gasteiger partial charge in [-0.05, 0) is 30.5 Å². The number of amides is 1. The van der Waals surface area contributed by atoms with Gasteiger partial charge in [-0.15, -0.1) is 0 Å². The van der Waals surface area contributed by atoms with Gasteiger partial charge in [0.05, 0.1) is 25.5 Å². The van der Waals surface area contributed by atoms with Gasteiger partial charge in [0.2, 0.25) is 15.9 Å². The van der Waals surface area contributed by atoms with E-state index in [2.05, 4.69) is 10.5 Å². The molecular weight excluding hydrogens is 318 g/mol. The summed E-state index contributed by atoms with van der Waals surface area (Å²) in [5.74, 6) is 0.0646. The number of rotatable bonds is 5. The molecule has 1 heterocycles. The standard InChI is InChI=1S/C15H21N3O4S/c1-22-14-7-3-5-12(9-14)10-16-17-15(19)13-6-4-8-18(11-13)23(2,20)21/h3,5,7,9-10,13H,4,6,8,11H2,1-2H3,(H,17,19)/b16-10+. The van der Waals surface area contributed by atoms with Crippen LogP contribution in [0.1, 0.15) is 18.4 Å². The van der Waals surface area contributed by atoms with E-state index < -0.39 is 10.0 Å². The lowest BCUT2D eigenvalue weighted by molar-refractivity contribution is -0.126. The van der Waals surface area contributed by atoms with E-state index in [1.54, 1.807) is 13.2 Å². The third-order valence-corrected chi connectivity index (χ3v) is 4.98. The molecule has 0 aliphatic carbocycles. The summed E-state index contributed by atoms with van der Waals surface area (Å²) in [4.78, 5) is 12.1. The fourth-order valence-electron chi connectivity index (χ4n) is 2.44. The molecule has 8 heteroatoms. The van der Waals surface area contributed by atoms with Crippen molar-refractivity contribution in [3.05, 3.63) is 29.8 Å². The Morgan fingerprint density at radius 3 is 2.96 bits per heavy atom. The number of hydrogen-bond donors (Lipinski definition) is 1. The van der Waals surface area contributed by atoms with Crippen LogP contribution in [0.25, 0.3) is 0 Å². The number of nitrogens with one attached hydrogen (secondary N) is 1. The van der Waals surface area contributed by atoms with Gasteiger partial charge >= 0.3 is 0 Å². The van der Waals surface area contributed by atoms with Gasteiger partial charge in [0.25, 0.3) is 0 Å². The first-order valence-corrected chi connectivity index (χ1v) is 9.17. The number of carbonyl (C=O) groups is 1. The zero-order valence-corrected chi connectivity index (χ0v) is 14.0. The number of sulfonamides is 1. The van der Waals surface area contributed by atoms with Gasteiger partial charge in [0.1, 0.15) is 5.75 Å². The maximum Gasteiger partial charge on any atom is 0.244 e. The Kier molecular flexibility index (Phi) is 5.73. The molecule has 0 aromatic heterocycles. The van der Waals surface area contributed by atoms with Crippen LogP contribution in [0.15, 0.2) is 29.4 Å². The fourth-order valence-corrected chi connectivity index (χ4v) is 3.35.